The van der Waals surface area contributed by atoms with E-state index in [9.17, 15) is 22.4 Å². The zero-order valence-corrected chi connectivity index (χ0v) is 19.0. The molecule has 2 aromatic carbocycles. The summed E-state index contributed by atoms with van der Waals surface area (Å²) in [6.45, 7) is 5.80. The summed E-state index contributed by atoms with van der Waals surface area (Å²) in [4.78, 5) is 14.8. The molecule has 1 unspecified atom stereocenters. The molecule has 1 aliphatic heterocycles. The fraction of sp³-hybridized carbons (Fsp3) is 0.261. The Hall–Kier alpha value is -3.45. The Bertz CT molecular complexity index is 1220. The first-order chi connectivity index (χ1) is 15.5. The molecule has 0 saturated carbocycles. The molecule has 2 aromatic rings. The third-order valence-corrected chi connectivity index (χ3v) is 5.68. The van der Waals surface area contributed by atoms with Crippen molar-refractivity contribution in [3.63, 3.8) is 0 Å². The largest absolute Gasteiger partial charge is 0.417 e. The third-order valence-electron chi connectivity index (χ3n) is 5.31. The highest BCUT2D eigenvalue weighted by Gasteiger charge is 2.58. The molecule has 0 spiro atoms. The van der Waals surface area contributed by atoms with E-state index in [0.29, 0.717) is 11.4 Å². The number of hydrogen-bond acceptors (Lipinski definition) is 3. The van der Waals surface area contributed by atoms with Crippen LogP contribution in [0.4, 0.5) is 28.9 Å². The van der Waals surface area contributed by atoms with Crippen LogP contribution < -0.4 is 15.1 Å². The van der Waals surface area contributed by atoms with Gasteiger partial charge in [0.15, 0.2) is 5.11 Å². The lowest BCUT2D eigenvalue weighted by molar-refractivity contribution is -0.137. The number of alkyl halides is 3. The van der Waals surface area contributed by atoms with Gasteiger partial charge in [0.2, 0.25) is 0 Å². The maximum Gasteiger partial charge on any atom is 0.417 e. The van der Waals surface area contributed by atoms with Crippen molar-refractivity contribution < 1.29 is 22.4 Å². The number of hydrogen-bond donors (Lipinski definition) is 1. The molecule has 10 heteroatoms. The van der Waals surface area contributed by atoms with E-state index >= 15 is 0 Å². The molecule has 1 amide bonds. The van der Waals surface area contributed by atoms with E-state index in [4.69, 9.17) is 17.5 Å². The average molecular weight is 476 g/mol. The lowest BCUT2D eigenvalue weighted by Crippen LogP contribution is -2.39. The molecule has 1 saturated heterocycles. The van der Waals surface area contributed by atoms with Gasteiger partial charge in [0.05, 0.1) is 28.5 Å². The molecular weight excluding hydrogens is 456 g/mol. The number of benzene rings is 2. The minimum atomic E-state index is -4.71. The number of fused-ring (bicyclic) bond motifs is 1. The summed E-state index contributed by atoms with van der Waals surface area (Å²) in [5.74, 6) is -1.33. The number of amides is 1. The van der Waals surface area contributed by atoms with E-state index in [0.717, 1.165) is 18.2 Å². The van der Waals surface area contributed by atoms with Crippen molar-refractivity contribution in [2.45, 2.75) is 32.5 Å². The van der Waals surface area contributed by atoms with Gasteiger partial charge >= 0.3 is 6.18 Å². The molecule has 0 aromatic heterocycles. The van der Waals surface area contributed by atoms with Crippen molar-refractivity contribution >= 4 is 34.6 Å². The van der Waals surface area contributed by atoms with E-state index in [1.807, 2.05) is 13.8 Å². The molecule has 0 bridgehead atoms. The number of halogens is 4. The zero-order valence-electron chi connectivity index (χ0n) is 18.2. The van der Waals surface area contributed by atoms with E-state index < -0.39 is 34.6 Å². The summed E-state index contributed by atoms with van der Waals surface area (Å²) in [5, 5.41) is 11.5. The van der Waals surface area contributed by atoms with E-state index in [1.54, 1.807) is 24.0 Å². The molecule has 4 rings (SSSR count). The first-order valence-electron chi connectivity index (χ1n) is 10.0. The predicted molar refractivity (Wildman–Crippen MR) is 121 cm³/mol. The van der Waals surface area contributed by atoms with Crippen LogP contribution in [-0.4, -0.2) is 23.6 Å². The van der Waals surface area contributed by atoms with Crippen molar-refractivity contribution in [2.24, 2.45) is 0 Å². The lowest BCUT2D eigenvalue weighted by atomic mass is 10.1. The fourth-order valence-electron chi connectivity index (χ4n) is 3.70. The third kappa shape index (κ3) is 3.93. The fourth-order valence-corrected chi connectivity index (χ4v) is 4.19. The topological polar surface area (TPSA) is 59.4 Å². The van der Waals surface area contributed by atoms with Crippen molar-refractivity contribution in [3.05, 3.63) is 70.7 Å². The number of thiocarbonyl (C=S) groups is 1. The lowest BCUT2D eigenvalue weighted by Gasteiger charge is -2.28. The van der Waals surface area contributed by atoms with Gasteiger partial charge in [-0.3, -0.25) is 9.69 Å². The quantitative estimate of drug-likeness (QED) is 0.477. The number of carbonyl (C=O) groups is 1. The van der Waals surface area contributed by atoms with Crippen molar-refractivity contribution in [2.75, 3.05) is 16.8 Å². The summed E-state index contributed by atoms with van der Waals surface area (Å²) in [6, 6.07) is 8.93. The molecule has 1 N–H and O–H groups in total. The Morgan fingerprint density at radius 3 is 2.33 bits per heavy atom. The van der Waals surface area contributed by atoms with Crippen LogP contribution in [0.1, 0.15) is 42.3 Å². The van der Waals surface area contributed by atoms with Crippen molar-refractivity contribution in [1.82, 2.24) is 5.32 Å². The Morgan fingerprint density at radius 1 is 1.15 bits per heavy atom. The molecule has 33 heavy (non-hydrogen) atoms. The van der Waals surface area contributed by atoms with Crippen LogP contribution >= 0.6 is 12.2 Å². The average Bonchev–Trinajstić information content (AvgIpc) is 3.38. The Kier molecular flexibility index (Phi) is 6.22. The van der Waals surface area contributed by atoms with Gasteiger partial charge in [-0.2, -0.15) is 18.4 Å². The minimum Gasteiger partial charge on any atom is -0.355 e. The van der Waals surface area contributed by atoms with Crippen LogP contribution in [0.25, 0.3) is 0 Å². The highest BCUT2D eigenvalue weighted by atomic mass is 32.1. The molecule has 172 valence electrons. The van der Waals surface area contributed by atoms with Crippen molar-refractivity contribution in [1.29, 1.82) is 5.26 Å². The Balaban J connectivity index is 0.00000149. The van der Waals surface area contributed by atoms with Gasteiger partial charge in [-0.25, -0.2) is 4.39 Å². The number of nitrogens with one attached hydrogen (secondary N) is 1. The minimum absolute atomic E-state index is 0.135. The molecule has 1 heterocycles. The summed E-state index contributed by atoms with van der Waals surface area (Å²) in [5.41, 5.74) is -1.26. The van der Waals surface area contributed by atoms with Crippen LogP contribution in [-0.2, 0) is 6.18 Å². The summed E-state index contributed by atoms with van der Waals surface area (Å²) in [7, 11) is 1.39. The second kappa shape index (κ2) is 8.48. The first-order valence-corrected chi connectivity index (χ1v) is 10.4. The number of rotatable bonds is 3. The van der Waals surface area contributed by atoms with Gasteiger partial charge < -0.3 is 10.2 Å². The molecule has 1 aliphatic carbocycles. The highest BCUT2D eigenvalue weighted by molar-refractivity contribution is 7.81. The van der Waals surface area contributed by atoms with Crippen LogP contribution in [0, 0.1) is 17.1 Å². The maximum absolute atomic E-state index is 14.5. The van der Waals surface area contributed by atoms with Crippen molar-refractivity contribution in [3.8, 4) is 6.07 Å². The van der Waals surface area contributed by atoms with Gasteiger partial charge in [-0.15, -0.1) is 0 Å². The van der Waals surface area contributed by atoms with Crippen LogP contribution in [0.5, 0.6) is 0 Å². The van der Waals surface area contributed by atoms with Crippen LogP contribution in [0.3, 0.4) is 0 Å². The number of nitriles is 1. The van der Waals surface area contributed by atoms with Gasteiger partial charge in [0.25, 0.3) is 5.91 Å². The molecular formula is C23H20F4N4OS. The summed E-state index contributed by atoms with van der Waals surface area (Å²) >= 11 is 5.52. The molecule has 0 radical (unpaired) electrons. The molecule has 5 nitrogen and oxygen atoms in total. The van der Waals surface area contributed by atoms with E-state index in [-0.39, 0.29) is 16.4 Å². The Labute approximate surface area is 193 Å². The second-order valence-electron chi connectivity index (χ2n) is 7.21. The number of nitrogens with zero attached hydrogens (tertiary/aromatic N) is 3. The van der Waals surface area contributed by atoms with E-state index in [2.05, 4.69) is 5.32 Å². The van der Waals surface area contributed by atoms with Crippen LogP contribution in [0.15, 0.2) is 48.2 Å². The number of anilines is 2. The smallest absolute Gasteiger partial charge is 0.355 e. The summed E-state index contributed by atoms with van der Waals surface area (Å²) < 4.78 is 54.7. The second-order valence-corrected chi connectivity index (χ2v) is 7.58. The monoisotopic (exact) mass is 476 g/mol. The maximum atomic E-state index is 14.5. The first kappa shape index (κ1) is 24.2. The standard InChI is InChI=1S/C21H14F4N4OS.C2H6/c1-20-9-17(20)28(12-4-3-11(10-26)15(7-12)21(23,24)25)19(31)29(20)13-5-6-14(16(22)8-13)18(30)27-2;1-2/h3-9H,1-2H3,(H,27,30);1-2H3. The van der Waals surface area contributed by atoms with Gasteiger partial charge in [-0.1, -0.05) is 13.8 Å². The van der Waals surface area contributed by atoms with Gasteiger partial charge in [0.1, 0.15) is 11.4 Å². The molecule has 2 aliphatic rings. The molecule has 1 atom stereocenters. The van der Waals surface area contributed by atoms with Gasteiger partial charge in [0, 0.05) is 18.4 Å². The summed E-state index contributed by atoms with van der Waals surface area (Å²) in [6.07, 6.45) is -2.92. The zero-order chi connectivity index (χ0) is 24.7. The van der Waals surface area contributed by atoms with E-state index in [1.165, 1.54) is 30.1 Å². The van der Waals surface area contributed by atoms with Gasteiger partial charge in [-0.05, 0) is 61.6 Å². The SMILES string of the molecule is CC.CNC(=O)c1ccc(N2C(=S)N(c3ccc(C#N)c(C(F)(F)F)c3)C3=CC32C)cc1F. The van der Waals surface area contributed by atoms with Crippen LogP contribution in [0.2, 0.25) is 0 Å². The normalized spacial score (nSPS) is 18.6. The highest BCUT2D eigenvalue weighted by Crippen LogP contribution is 2.53. The molecule has 1 fully saturated rings. The Morgan fingerprint density at radius 2 is 1.79 bits per heavy atom. The number of carbonyl (C=O) groups excluding carboxylic acids is 1. The predicted octanol–water partition coefficient (Wildman–Crippen LogP) is 5.37.